The maximum Gasteiger partial charge on any atom is 0.326 e. The summed E-state index contributed by atoms with van der Waals surface area (Å²) < 4.78 is 0. The molecule has 0 bridgehead atoms. The van der Waals surface area contributed by atoms with E-state index in [2.05, 4.69) is 53.2 Å². The van der Waals surface area contributed by atoms with E-state index in [0.717, 1.165) is 6.92 Å². The Labute approximate surface area is 527 Å². The number of primary amides is 2. The van der Waals surface area contributed by atoms with Crippen molar-refractivity contribution in [1.82, 2.24) is 58.1 Å². The van der Waals surface area contributed by atoms with Crippen LogP contribution in [0.5, 0.6) is 0 Å². The molecule has 0 spiro atoms. The van der Waals surface area contributed by atoms with Crippen LogP contribution in [-0.2, 0) is 71.9 Å². The number of hydrogen-bond acceptors (Lipinski definition) is 19. The molecule has 13 amide bonds. The van der Waals surface area contributed by atoms with Crippen molar-refractivity contribution in [2.24, 2.45) is 40.7 Å². The van der Waals surface area contributed by atoms with E-state index >= 15 is 0 Å². The summed E-state index contributed by atoms with van der Waals surface area (Å²) in [5.74, 6) is -15.5. The van der Waals surface area contributed by atoms with Crippen molar-refractivity contribution >= 4 is 100 Å². The van der Waals surface area contributed by atoms with Crippen molar-refractivity contribution in [3.8, 4) is 0 Å². The number of unbranched alkanes of at least 4 members (excludes halogenated alkanes) is 1. The number of aliphatic hydroxyl groups is 1. The smallest absolute Gasteiger partial charge is 0.326 e. The number of rotatable bonds is 43. The molecule has 1 heterocycles. The van der Waals surface area contributed by atoms with E-state index in [0.29, 0.717) is 18.6 Å². The van der Waals surface area contributed by atoms with Gasteiger partial charge in [0.25, 0.3) is 0 Å². The molecule has 510 valence electrons. The van der Waals surface area contributed by atoms with Gasteiger partial charge in [-0.15, -0.1) is 0 Å². The first kappa shape index (κ1) is 80.3. The lowest BCUT2D eigenvalue weighted by atomic mass is 10.0. The number of carbonyl (C=O) groups excluding carboxylic acids is 13. The summed E-state index contributed by atoms with van der Waals surface area (Å²) in [5.41, 5.74) is 22.2. The van der Waals surface area contributed by atoms with Crippen LogP contribution in [0.3, 0.4) is 0 Å². The third kappa shape index (κ3) is 30.2. The highest BCUT2D eigenvalue weighted by Gasteiger charge is 2.41. The molecule has 1 fully saturated rings. The number of aliphatic carboxylic acids is 2. The zero-order valence-electron chi connectivity index (χ0n) is 52.8. The maximum absolute atomic E-state index is 14.5. The lowest BCUT2D eigenvalue weighted by molar-refractivity contribution is -0.144. The zero-order chi connectivity index (χ0) is 68.7. The lowest BCUT2D eigenvalue weighted by Crippen LogP contribution is -2.61. The molecule has 0 saturated carbocycles. The molecule has 1 aliphatic rings. The van der Waals surface area contributed by atoms with E-state index < -0.39 is 194 Å². The van der Waals surface area contributed by atoms with Gasteiger partial charge in [0.2, 0.25) is 76.8 Å². The number of carbonyl (C=O) groups is 15. The van der Waals surface area contributed by atoms with Gasteiger partial charge in [0.1, 0.15) is 60.4 Å². The number of carboxylic acid groups (broad SMARTS) is 2. The van der Waals surface area contributed by atoms with Gasteiger partial charge in [-0.25, -0.2) is 4.79 Å². The van der Waals surface area contributed by atoms with Gasteiger partial charge in [-0.05, 0) is 114 Å². The Hall–Kier alpha value is -7.72. The van der Waals surface area contributed by atoms with Gasteiger partial charge in [0.15, 0.2) is 0 Å². The highest BCUT2D eigenvalue weighted by atomic mass is 32.2. The number of amides is 13. The van der Waals surface area contributed by atoms with Gasteiger partial charge in [0.05, 0.1) is 31.5 Å². The van der Waals surface area contributed by atoms with Gasteiger partial charge in [0, 0.05) is 13.0 Å². The quantitative estimate of drug-likeness (QED) is 0.0254. The van der Waals surface area contributed by atoms with Crippen molar-refractivity contribution in [3.05, 3.63) is 0 Å². The SMILES string of the molecule is CSCCC(NC(=O)C(CCCCN)NC(=O)C(CC(N)=O)NC(=O)C(CC(C)C)NC(=O)C(C)N)C(=O)NC(CC(C)C)C(=O)N1CCCC1C(=O)NC(C(=O)NCC(=O)NC(CCC(N)=O)C(=O)NC(CC(=O)O)C(=O)NC(CC(C)C)C(=O)O)C(C)O. The molecular weight excluding hydrogens is 1200 g/mol. The minimum Gasteiger partial charge on any atom is -0.481 e. The van der Waals surface area contributed by atoms with E-state index in [1.165, 1.54) is 23.6 Å². The van der Waals surface area contributed by atoms with Crippen molar-refractivity contribution in [2.75, 3.05) is 31.6 Å². The molecule has 0 aromatic rings. The molecule has 0 aromatic heterocycles. The fourth-order valence-corrected chi connectivity index (χ4v) is 9.79. The number of nitrogens with zero attached hydrogens (tertiary/aromatic N) is 1. The minimum atomic E-state index is -1.86. The highest BCUT2D eigenvalue weighted by Crippen LogP contribution is 2.22. The van der Waals surface area contributed by atoms with E-state index in [9.17, 15) is 87.2 Å². The summed E-state index contributed by atoms with van der Waals surface area (Å²) >= 11 is 1.34. The Kier molecular flexibility index (Phi) is 36.4. The molecule has 33 nitrogen and oxygen atoms in total. The fraction of sp³-hybridized carbons (Fsp3) is 0.732. The van der Waals surface area contributed by atoms with Gasteiger partial charge in [-0.1, -0.05) is 41.5 Å². The lowest BCUT2D eigenvalue weighted by Gasteiger charge is -2.32. The maximum atomic E-state index is 14.5. The van der Waals surface area contributed by atoms with Crippen LogP contribution >= 0.6 is 11.8 Å². The van der Waals surface area contributed by atoms with E-state index in [1.54, 1.807) is 47.8 Å². The van der Waals surface area contributed by atoms with Crippen LogP contribution in [0.4, 0.5) is 0 Å². The summed E-state index contributed by atoms with van der Waals surface area (Å²) in [6.45, 7) is 12.3. The molecule has 0 radical (unpaired) electrons. The van der Waals surface area contributed by atoms with Gasteiger partial charge in [-0.3, -0.25) is 67.1 Å². The fourth-order valence-electron chi connectivity index (χ4n) is 9.32. The topological polar surface area (TPSA) is 544 Å². The summed E-state index contributed by atoms with van der Waals surface area (Å²) in [5, 5.41) is 54.0. The van der Waals surface area contributed by atoms with Crippen LogP contribution in [0, 0.1) is 17.8 Å². The van der Waals surface area contributed by atoms with Crippen LogP contribution < -0.4 is 76.1 Å². The van der Waals surface area contributed by atoms with E-state index in [-0.39, 0.29) is 75.8 Å². The van der Waals surface area contributed by atoms with Crippen LogP contribution in [0.1, 0.15) is 139 Å². The Morgan fingerprint density at radius 3 is 1.47 bits per heavy atom. The molecule has 21 N–H and O–H groups in total. The monoisotopic (exact) mass is 1300 g/mol. The molecule has 34 heteroatoms. The molecule has 12 atom stereocenters. The molecule has 12 unspecified atom stereocenters. The van der Waals surface area contributed by atoms with Gasteiger partial charge < -0.3 is 96.3 Å². The number of likely N-dealkylation sites (tertiary alicyclic amines) is 1. The molecule has 0 aliphatic carbocycles. The third-order valence-corrected chi connectivity index (χ3v) is 14.6. The molecule has 0 aromatic carbocycles. The van der Waals surface area contributed by atoms with Crippen molar-refractivity contribution in [2.45, 2.75) is 211 Å². The van der Waals surface area contributed by atoms with Crippen LogP contribution in [0.25, 0.3) is 0 Å². The normalized spacial score (nSPS) is 16.6. The van der Waals surface area contributed by atoms with Crippen LogP contribution in [0.2, 0.25) is 0 Å². The summed E-state index contributed by atoms with van der Waals surface area (Å²) in [6, 6.07) is -15.8. The Bertz CT molecular complexity index is 2500. The van der Waals surface area contributed by atoms with Gasteiger partial charge >= 0.3 is 11.9 Å². The summed E-state index contributed by atoms with van der Waals surface area (Å²) in [4.78, 5) is 199. The van der Waals surface area contributed by atoms with E-state index in [1.807, 2.05) is 0 Å². The first-order valence-corrected chi connectivity index (χ1v) is 31.4. The Balaban J connectivity index is 3.39. The number of hydrogen-bond donors (Lipinski definition) is 17. The van der Waals surface area contributed by atoms with Crippen molar-refractivity contribution in [3.63, 3.8) is 0 Å². The second-order valence-corrected chi connectivity index (χ2v) is 24.5. The number of thioether (sulfide) groups is 1. The second kappa shape index (κ2) is 40.8. The summed E-state index contributed by atoms with van der Waals surface area (Å²) in [6.07, 6.45) is -1.44. The first-order chi connectivity index (χ1) is 42.0. The third-order valence-electron chi connectivity index (χ3n) is 13.9. The number of nitrogens with one attached hydrogen (secondary N) is 10. The molecule has 1 aliphatic heterocycles. The number of carboxylic acids is 2. The van der Waals surface area contributed by atoms with E-state index in [4.69, 9.17) is 22.9 Å². The summed E-state index contributed by atoms with van der Waals surface area (Å²) in [7, 11) is 0. The largest absolute Gasteiger partial charge is 0.481 e. The zero-order valence-corrected chi connectivity index (χ0v) is 53.6. The van der Waals surface area contributed by atoms with Crippen LogP contribution in [-0.4, -0.2) is 213 Å². The first-order valence-electron chi connectivity index (χ1n) is 30.0. The highest BCUT2D eigenvalue weighted by molar-refractivity contribution is 7.98. The molecular formula is C56H97N15O18S. The van der Waals surface area contributed by atoms with Crippen molar-refractivity contribution in [1.29, 1.82) is 0 Å². The van der Waals surface area contributed by atoms with Gasteiger partial charge in [-0.2, -0.15) is 11.8 Å². The predicted molar refractivity (Wildman–Crippen MR) is 327 cm³/mol. The second-order valence-electron chi connectivity index (χ2n) is 23.5. The molecule has 90 heavy (non-hydrogen) atoms. The van der Waals surface area contributed by atoms with Crippen LogP contribution in [0.15, 0.2) is 0 Å². The minimum absolute atomic E-state index is 0.00819. The molecule has 1 saturated heterocycles. The Morgan fingerprint density at radius 2 is 0.989 bits per heavy atom. The average molecular weight is 1300 g/mol. The Morgan fingerprint density at radius 1 is 0.533 bits per heavy atom. The van der Waals surface area contributed by atoms with Crippen molar-refractivity contribution < 1.29 is 87.2 Å². The molecule has 1 rings (SSSR count). The predicted octanol–water partition coefficient (Wildman–Crippen LogP) is -5.09. The average Bonchev–Trinajstić information content (AvgIpc) is 1.83. The number of aliphatic hydroxyl groups excluding tert-OH is 1. The number of nitrogens with two attached hydrogens (primary N) is 4. The standard InChI is InChI=1S/C56H97N15O18S/c1-27(2)21-35(65-46(78)30(7)58)50(82)66-36(24-42(60)74)51(83)63-32(13-10-11-18-57)47(79)64-34(17-20-90-9)49(81)68-38(22-28(3)4)55(87)71-19-12-14-40(71)53(85)70-45(31(8)72)54(86)61-26-43(75)62-33(15-16-41(59)73)48(80)67-37(25-44(76)77)52(84)69-39(56(88)89)23-29(5)6/h27-40,45,72H,10-26,57-58H2,1-9H3,(H2,59,73)(H2,60,74)(H,61,86)(H,62,75)(H,63,83)(H,64,79)(H,65,78)(H,66,82)(H,67,80)(H,68,81)(H,69,84)(H,70,85)(H,76,77)(H,88,89).